The fourth-order valence-corrected chi connectivity index (χ4v) is 3.26. The van der Waals surface area contributed by atoms with Crippen LogP contribution in [0.25, 0.3) is 0 Å². The molecule has 3 nitrogen and oxygen atoms in total. The minimum absolute atomic E-state index is 0.0989. The average molecular weight is 265 g/mol. The molecule has 1 N–H and O–H groups in total. The number of thioether (sulfide) groups is 1. The monoisotopic (exact) mass is 265 g/mol. The van der Waals surface area contributed by atoms with Crippen LogP contribution >= 0.6 is 11.8 Å². The first-order valence-electron chi connectivity index (χ1n) is 6.29. The van der Waals surface area contributed by atoms with E-state index < -0.39 is 0 Å². The molecule has 1 aliphatic rings. The third kappa shape index (κ3) is 2.70. The molecular weight excluding hydrogens is 246 g/mol. The van der Waals surface area contributed by atoms with Crippen molar-refractivity contribution in [3.63, 3.8) is 0 Å². The quantitative estimate of drug-likeness (QED) is 0.906. The number of benzene rings is 1. The van der Waals surface area contributed by atoms with Crippen LogP contribution in [0.2, 0.25) is 0 Å². The van der Waals surface area contributed by atoms with Crippen LogP contribution in [0.15, 0.2) is 24.3 Å². The maximum absolute atomic E-state index is 12.4. The van der Waals surface area contributed by atoms with Crippen LogP contribution < -0.4 is 4.90 Å². The number of fused-ring (bicyclic) bond motifs is 1. The average Bonchev–Trinajstić information content (AvgIpc) is 2.81. The number of anilines is 1. The lowest BCUT2D eigenvalue weighted by atomic mass is 10.2. The molecule has 0 aromatic heterocycles. The van der Waals surface area contributed by atoms with Gasteiger partial charge in [-0.05, 0) is 25.0 Å². The van der Waals surface area contributed by atoms with Crippen molar-refractivity contribution in [2.24, 2.45) is 0 Å². The molecule has 1 heterocycles. The van der Waals surface area contributed by atoms with Crippen LogP contribution in [0.5, 0.6) is 0 Å². The van der Waals surface area contributed by atoms with Gasteiger partial charge in [0, 0.05) is 17.5 Å². The zero-order valence-electron chi connectivity index (χ0n) is 10.8. The summed E-state index contributed by atoms with van der Waals surface area (Å²) in [6.07, 6.45) is 0.939. The molecule has 0 saturated carbocycles. The number of carbonyl (C=O) groups is 1. The zero-order chi connectivity index (χ0) is 13.1. The summed E-state index contributed by atoms with van der Waals surface area (Å²) in [7, 11) is 0. The van der Waals surface area contributed by atoms with E-state index in [1.54, 1.807) is 0 Å². The number of para-hydroxylation sites is 1. The Hall–Kier alpha value is -1.00. The summed E-state index contributed by atoms with van der Waals surface area (Å²) in [5, 5.41) is 9.03. The molecule has 0 saturated heterocycles. The second-order valence-electron chi connectivity index (χ2n) is 4.64. The Bertz CT molecular complexity index is 436. The second-order valence-corrected chi connectivity index (χ2v) is 6.42. The van der Waals surface area contributed by atoms with Gasteiger partial charge in [-0.2, -0.15) is 0 Å². The molecule has 0 unspecified atom stereocenters. The lowest BCUT2D eigenvalue weighted by Crippen LogP contribution is -2.36. The molecule has 0 aliphatic carbocycles. The predicted molar refractivity (Wildman–Crippen MR) is 76.1 cm³/mol. The van der Waals surface area contributed by atoms with Crippen molar-refractivity contribution in [2.75, 3.05) is 18.1 Å². The number of aliphatic hydroxyl groups excluding tert-OH is 1. The van der Waals surface area contributed by atoms with E-state index in [2.05, 4.69) is 6.07 Å². The van der Waals surface area contributed by atoms with E-state index in [4.69, 9.17) is 5.11 Å². The maximum Gasteiger partial charge on any atom is 0.239 e. The van der Waals surface area contributed by atoms with Crippen molar-refractivity contribution in [3.05, 3.63) is 29.8 Å². The summed E-state index contributed by atoms with van der Waals surface area (Å²) in [6.45, 7) is 4.74. The van der Waals surface area contributed by atoms with Crippen LogP contribution in [0.4, 0.5) is 5.69 Å². The molecule has 1 amide bonds. The molecule has 98 valence electrons. The summed E-state index contributed by atoms with van der Waals surface area (Å²) >= 11 is 1.53. The molecule has 2 atom stereocenters. The highest BCUT2D eigenvalue weighted by atomic mass is 32.2. The largest absolute Gasteiger partial charge is 0.395 e. The van der Waals surface area contributed by atoms with Gasteiger partial charge in [-0.1, -0.05) is 25.1 Å². The molecule has 1 aromatic rings. The smallest absolute Gasteiger partial charge is 0.239 e. The number of carbonyl (C=O) groups excluding carboxylic acids is 1. The van der Waals surface area contributed by atoms with Gasteiger partial charge in [-0.25, -0.2) is 0 Å². The van der Waals surface area contributed by atoms with Crippen LogP contribution in [0.1, 0.15) is 19.4 Å². The van der Waals surface area contributed by atoms with Gasteiger partial charge in [0.2, 0.25) is 5.91 Å². The van der Waals surface area contributed by atoms with Crippen molar-refractivity contribution in [3.8, 4) is 0 Å². The highest BCUT2D eigenvalue weighted by molar-refractivity contribution is 8.01. The third-order valence-corrected chi connectivity index (χ3v) is 4.42. The topological polar surface area (TPSA) is 40.5 Å². The molecule has 1 aromatic carbocycles. The Morgan fingerprint density at radius 2 is 2.17 bits per heavy atom. The van der Waals surface area contributed by atoms with Crippen molar-refractivity contribution >= 4 is 23.4 Å². The number of aliphatic hydroxyl groups is 1. The Balaban J connectivity index is 2.07. The molecule has 0 bridgehead atoms. The van der Waals surface area contributed by atoms with E-state index in [1.165, 1.54) is 17.3 Å². The van der Waals surface area contributed by atoms with E-state index in [9.17, 15) is 4.79 Å². The Kier molecular flexibility index (Phi) is 4.30. The molecule has 18 heavy (non-hydrogen) atoms. The zero-order valence-corrected chi connectivity index (χ0v) is 11.6. The number of hydrogen-bond acceptors (Lipinski definition) is 3. The van der Waals surface area contributed by atoms with Crippen LogP contribution in [-0.2, 0) is 11.2 Å². The van der Waals surface area contributed by atoms with E-state index in [1.807, 2.05) is 36.9 Å². The van der Waals surface area contributed by atoms with Gasteiger partial charge >= 0.3 is 0 Å². The second kappa shape index (κ2) is 5.76. The molecule has 4 heteroatoms. The minimum atomic E-state index is -0.113. The first-order chi connectivity index (χ1) is 8.63. The number of amides is 1. The van der Waals surface area contributed by atoms with E-state index >= 15 is 0 Å². The van der Waals surface area contributed by atoms with E-state index in [0.29, 0.717) is 0 Å². The van der Waals surface area contributed by atoms with Crippen molar-refractivity contribution in [1.29, 1.82) is 0 Å². The van der Waals surface area contributed by atoms with E-state index in [0.717, 1.165) is 18.7 Å². The summed E-state index contributed by atoms with van der Waals surface area (Å²) in [5.74, 6) is 0.144. The van der Waals surface area contributed by atoms with E-state index in [-0.39, 0.29) is 23.0 Å². The van der Waals surface area contributed by atoms with Gasteiger partial charge in [0.25, 0.3) is 0 Å². The molecule has 2 rings (SSSR count). The molecule has 0 fully saturated rings. The Morgan fingerprint density at radius 3 is 2.89 bits per heavy atom. The Labute approximate surface area is 112 Å². The standard InChI is InChI=1S/C14H19NO2S/c1-10(9-16)18-11(2)14(17)15-8-7-12-5-3-4-6-13(12)15/h3-6,10-11,16H,7-9H2,1-2H3/t10-,11+/m1/s1. The summed E-state index contributed by atoms with van der Waals surface area (Å²) in [4.78, 5) is 14.3. The fourth-order valence-electron chi connectivity index (χ4n) is 2.24. The summed E-state index contributed by atoms with van der Waals surface area (Å²) in [5.41, 5.74) is 2.30. The van der Waals surface area contributed by atoms with Crippen LogP contribution in [-0.4, -0.2) is 34.7 Å². The fraction of sp³-hybridized carbons (Fsp3) is 0.500. The SMILES string of the molecule is C[C@H](CO)S[C@@H](C)C(=O)N1CCc2ccccc21. The molecule has 0 spiro atoms. The van der Waals surface area contributed by atoms with Gasteiger partial charge in [0.05, 0.1) is 11.9 Å². The van der Waals surface area contributed by atoms with Crippen LogP contribution in [0.3, 0.4) is 0 Å². The number of hydrogen-bond donors (Lipinski definition) is 1. The van der Waals surface area contributed by atoms with Gasteiger partial charge in [-0.15, -0.1) is 11.8 Å². The van der Waals surface area contributed by atoms with Gasteiger partial charge in [0.15, 0.2) is 0 Å². The normalized spacial score (nSPS) is 17.4. The lowest BCUT2D eigenvalue weighted by Gasteiger charge is -2.22. The first-order valence-corrected chi connectivity index (χ1v) is 7.23. The highest BCUT2D eigenvalue weighted by Gasteiger charge is 2.28. The Morgan fingerprint density at radius 1 is 1.44 bits per heavy atom. The van der Waals surface area contributed by atoms with Crippen molar-refractivity contribution in [2.45, 2.75) is 30.8 Å². The molecule has 1 aliphatic heterocycles. The molecule has 0 radical (unpaired) electrons. The maximum atomic E-state index is 12.4. The van der Waals surface area contributed by atoms with Crippen LogP contribution in [0, 0.1) is 0 Å². The number of nitrogens with zero attached hydrogens (tertiary/aromatic N) is 1. The van der Waals surface area contributed by atoms with Crippen molar-refractivity contribution in [1.82, 2.24) is 0 Å². The third-order valence-electron chi connectivity index (χ3n) is 3.19. The van der Waals surface area contributed by atoms with Gasteiger partial charge < -0.3 is 10.0 Å². The predicted octanol–water partition coefficient (Wildman–Crippen LogP) is 2.08. The first kappa shape index (κ1) is 13.4. The number of rotatable bonds is 4. The highest BCUT2D eigenvalue weighted by Crippen LogP contribution is 2.30. The van der Waals surface area contributed by atoms with Gasteiger partial charge in [-0.3, -0.25) is 4.79 Å². The van der Waals surface area contributed by atoms with Crippen molar-refractivity contribution < 1.29 is 9.90 Å². The lowest BCUT2D eigenvalue weighted by molar-refractivity contribution is -0.117. The summed E-state index contributed by atoms with van der Waals surface area (Å²) < 4.78 is 0. The minimum Gasteiger partial charge on any atom is -0.395 e. The molecular formula is C14H19NO2S. The van der Waals surface area contributed by atoms with Gasteiger partial charge in [0.1, 0.15) is 0 Å². The summed E-state index contributed by atoms with van der Waals surface area (Å²) in [6, 6.07) is 8.07.